The van der Waals surface area contributed by atoms with Crippen LogP contribution < -0.4 is 9.21 Å². The summed E-state index contributed by atoms with van der Waals surface area (Å²) >= 11 is 0. The summed E-state index contributed by atoms with van der Waals surface area (Å²) in [6, 6.07) is 10.6. The minimum atomic E-state index is -3.65. The van der Waals surface area contributed by atoms with Crippen molar-refractivity contribution in [3.05, 3.63) is 53.9 Å². The predicted molar refractivity (Wildman–Crippen MR) is 124 cm³/mol. The second-order valence-corrected chi connectivity index (χ2v) is 10.9. The molecule has 4 rings (SSSR count). The van der Waals surface area contributed by atoms with Crippen LogP contribution in [0.3, 0.4) is 0 Å². The number of nitrogens with zero attached hydrogens (tertiary/aromatic N) is 3. The van der Waals surface area contributed by atoms with Crippen LogP contribution in [0.4, 0.5) is 5.69 Å². The maximum atomic E-state index is 13.0. The predicted octanol–water partition coefficient (Wildman–Crippen LogP) is 2.54. The number of fused-ring (bicyclic) bond motifs is 3. The van der Waals surface area contributed by atoms with Crippen LogP contribution in [-0.2, 0) is 34.2 Å². The van der Waals surface area contributed by atoms with E-state index in [1.807, 2.05) is 50.0 Å². The van der Waals surface area contributed by atoms with Crippen molar-refractivity contribution in [3.63, 3.8) is 0 Å². The molecule has 3 aromatic rings. The van der Waals surface area contributed by atoms with Crippen LogP contribution in [0, 0.1) is 0 Å². The molecule has 8 nitrogen and oxygen atoms in total. The standard InChI is InChI=1S/C23H28N4O4S/c1-27(2,3)17-7-9-18(10-8-17)32(30,31)25-16-6-11-21-20(15-16)19-5-4-13-24-23(19)26(21)14-12-22(28)29/h4-5,7-10,13,16,25H,6,11-12,14-15H2,1-3H3/p+1/t16-/m0/s1. The number of hydrogen-bond acceptors (Lipinski definition) is 4. The van der Waals surface area contributed by atoms with Crippen molar-refractivity contribution in [1.82, 2.24) is 18.8 Å². The Hall–Kier alpha value is -2.75. The molecule has 0 unspecified atom stereocenters. The zero-order valence-electron chi connectivity index (χ0n) is 18.6. The molecule has 0 saturated heterocycles. The summed E-state index contributed by atoms with van der Waals surface area (Å²) in [6.07, 6.45) is 3.58. The first-order chi connectivity index (χ1) is 15.1. The van der Waals surface area contributed by atoms with Crippen LogP contribution in [0.15, 0.2) is 47.5 Å². The Morgan fingerprint density at radius 3 is 2.59 bits per heavy atom. The molecule has 0 aliphatic heterocycles. The molecule has 1 aliphatic carbocycles. The first-order valence-corrected chi connectivity index (χ1v) is 12.2. The molecule has 2 N–H and O–H groups in total. The number of carboxylic acids is 1. The molecule has 0 amide bonds. The van der Waals surface area contributed by atoms with Crippen molar-refractivity contribution in [2.75, 3.05) is 21.1 Å². The molecule has 0 spiro atoms. The van der Waals surface area contributed by atoms with Gasteiger partial charge in [0.2, 0.25) is 10.0 Å². The van der Waals surface area contributed by atoms with Crippen molar-refractivity contribution in [3.8, 4) is 0 Å². The number of rotatable bonds is 7. The molecule has 1 aromatic carbocycles. The molecule has 0 fully saturated rings. The van der Waals surface area contributed by atoms with Crippen molar-refractivity contribution in [1.29, 1.82) is 0 Å². The van der Waals surface area contributed by atoms with E-state index in [2.05, 4.69) is 9.71 Å². The molecule has 2 aromatic heterocycles. The Morgan fingerprint density at radius 2 is 1.94 bits per heavy atom. The largest absolute Gasteiger partial charge is 0.481 e. The van der Waals surface area contributed by atoms with E-state index in [0.717, 1.165) is 28.0 Å². The molecule has 0 radical (unpaired) electrons. The number of sulfonamides is 1. The molecule has 1 aliphatic rings. The Labute approximate surface area is 188 Å². The molecule has 0 saturated carbocycles. The van der Waals surface area contributed by atoms with Gasteiger partial charge in [0.05, 0.1) is 32.5 Å². The van der Waals surface area contributed by atoms with Gasteiger partial charge >= 0.3 is 5.97 Å². The highest BCUT2D eigenvalue weighted by molar-refractivity contribution is 7.89. The van der Waals surface area contributed by atoms with E-state index >= 15 is 0 Å². The van der Waals surface area contributed by atoms with Crippen LogP contribution in [0.1, 0.15) is 24.1 Å². The molecule has 0 bridgehead atoms. The number of quaternary nitrogens is 1. The summed E-state index contributed by atoms with van der Waals surface area (Å²) in [7, 11) is 2.44. The lowest BCUT2D eigenvalue weighted by molar-refractivity contribution is -0.137. The average molecular weight is 458 g/mol. The van der Waals surface area contributed by atoms with E-state index in [4.69, 9.17) is 5.11 Å². The number of nitrogens with one attached hydrogen (secondary N) is 1. The third-order valence-electron chi connectivity index (χ3n) is 6.01. The van der Waals surface area contributed by atoms with Gasteiger partial charge in [0.15, 0.2) is 0 Å². The highest BCUT2D eigenvalue weighted by Gasteiger charge is 2.29. The third kappa shape index (κ3) is 4.41. The lowest BCUT2D eigenvalue weighted by atomic mass is 9.92. The topological polar surface area (TPSA) is 101 Å². The summed E-state index contributed by atoms with van der Waals surface area (Å²) in [6.45, 7) is 0.354. The van der Waals surface area contributed by atoms with E-state index in [-0.39, 0.29) is 17.4 Å². The van der Waals surface area contributed by atoms with Crippen LogP contribution in [0.25, 0.3) is 11.0 Å². The van der Waals surface area contributed by atoms with Gasteiger partial charge < -0.3 is 9.67 Å². The van der Waals surface area contributed by atoms with Crippen molar-refractivity contribution in [2.24, 2.45) is 0 Å². The van der Waals surface area contributed by atoms with Crippen LogP contribution in [0.5, 0.6) is 0 Å². The molecule has 1 atom stereocenters. The van der Waals surface area contributed by atoms with E-state index in [1.54, 1.807) is 18.3 Å². The van der Waals surface area contributed by atoms with Crippen LogP contribution in [0.2, 0.25) is 0 Å². The lowest BCUT2D eigenvalue weighted by Gasteiger charge is -2.25. The Balaban J connectivity index is 1.58. The SMILES string of the molecule is C[N+](C)(C)c1ccc(S(=O)(=O)N[C@H]2CCc3c(c4cccnc4n3CCC(=O)O)C2)cc1. The Morgan fingerprint density at radius 1 is 1.22 bits per heavy atom. The second kappa shape index (κ2) is 8.31. The summed E-state index contributed by atoms with van der Waals surface area (Å²) in [4.78, 5) is 15.8. The highest BCUT2D eigenvalue weighted by atomic mass is 32.2. The average Bonchev–Trinajstić information content (AvgIpc) is 3.04. The van der Waals surface area contributed by atoms with Crippen molar-refractivity contribution in [2.45, 2.75) is 43.2 Å². The van der Waals surface area contributed by atoms with E-state index in [1.165, 1.54) is 0 Å². The van der Waals surface area contributed by atoms with Gasteiger partial charge in [-0.3, -0.25) is 9.28 Å². The number of carboxylic acid groups (broad SMARTS) is 1. The van der Waals surface area contributed by atoms with Gasteiger partial charge in [-0.15, -0.1) is 0 Å². The van der Waals surface area contributed by atoms with Gasteiger partial charge in [0, 0.05) is 42.0 Å². The molecule has 9 heteroatoms. The van der Waals surface area contributed by atoms with Gasteiger partial charge in [-0.05, 0) is 49.1 Å². The normalized spacial score (nSPS) is 16.8. The fraction of sp³-hybridized carbons (Fsp3) is 0.391. The van der Waals surface area contributed by atoms with Gasteiger partial charge in [0.1, 0.15) is 11.3 Å². The van der Waals surface area contributed by atoms with Gasteiger partial charge in [-0.2, -0.15) is 0 Å². The number of aryl methyl sites for hydroxylation is 1. The highest BCUT2D eigenvalue weighted by Crippen LogP contribution is 2.32. The van der Waals surface area contributed by atoms with E-state index in [0.29, 0.717) is 30.3 Å². The second-order valence-electron chi connectivity index (χ2n) is 9.16. The fourth-order valence-corrected chi connectivity index (χ4v) is 5.65. The Kier molecular flexibility index (Phi) is 5.83. The maximum absolute atomic E-state index is 13.0. The van der Waals surface area contributed by atoms with E-state index in [9.17, 15) is 13.2 Å². The molecular weight excluding hydrogens is 428 g/mol. The number of carbonyl (C=O) groups is 1. The molecule has 32 heavy (non-hydrogen) atoms. The van der Waals surface area contributed by atoms with Crippen molar-refractivity contribution < 1.29 is 18.3 Å². The quantitative estimate of drug-likeness (QED) is 0.531. The number of benzene rings is 1. The zero-order valence-corrected chi connectivity index (χ0v) is 19.4. The fourth-order valence-electron chi connectivity index (χ4n) is 4.38. The first-order valence-electron chi connectivity index (χ1n) is 10.7. The number of pyridine rings is 1. The Bertz CT molecular complexity index is 1260. The summed E-state index contributed by atoms with van der Waals surface area (Å²) in [5.41, 5.74) is 3.89. The van der Waals surface area contributed by atoms with E-state index < -0.39 is 16.0 Å². The monoisotopic (exact) mass is 457 g/mol. The number of aliphatic carboxylic acids is 1. The molecule has 2 heterocycles. The zero-order chi connectivity index (χ0) is 23.1. The molecular formula is C23H29N4O4S+. The summed E-state index contributed by atoms with van der Waals surface area (Å²) in [5.74, 6) is -0.853. The lowest BCUT2D eigenvalue weighted by Crippen LogP contribution is -2.39. The minimum Gasteiger partial charge on any atom is -0.481 e. The minimum absolute atomic E-state index is 0.0200. The van der Waals surface area contributed by atoms with Crippen LogP contribution >= 0.6 is 0 Å². The van der Waals surface area contributed by atoms with Gasteiger partial charge in [0.25, 0.3) is 0 Å². The maximum Gasteiger partial charge on any atom is 0.305 e. The van der Waals surface area contributed by atoms with Crippen LogP contribution in [-0.4, -0.2) is 56.2 Å². The summed E-state index contributed by atoms with van der Waals surface area (Å²) < 4.78 is 31.5. The number of hydrogen-bond donors (Lipinski definition) is 2. The van der Waals surface area contributed by atoms with Crippen molar-refractivity contribution >= 4 is 32.7 Å². The smallest absolute Gasteiger partial charge is 0.305 e. The van der Waals surface area contributed by atoms with Gasteiger partial charge in [-0.1, -0.05) is 0 Å². The molecule has 170 valence electrons. The summed E-state index contributed by atoms with van der Waals surface area (Å²) in [5, 5.41) is 10.1. The number of aromatic nitrogens is 2. The third-order valence-corrected chi connectivity index (χ3v) is 7.55. The van der Waals surface area contributed by atoms with Gasteiger partial charge in [-0.25, -0.2) is 18.1 Å². The first kappa shape index (κ1) is 22.4.